The molecule has 0 aliphatic heterocycles. The van der Waals surface area contributed by atoms with E-state index in [2.05, 4.69) is 15.3 Å². The van der Waals surface area contributed by atoms with E-state index >= 15 is 0 Å². The van der Waals surface area contributed by atoms with Crippen molar-refractivity contribution in [2.24, 2.45) is 0 Å². The number of anilines is 2. The van der Waals surface area contributed by atoms with Gasteiger partial charge in [0.1, 0.15) is 22.2 Å². The highest BCUT2D eigenvalue weighted by Gasteiger charge is 2.26. The molecule has 1 amide bonds. The largest absolute Gasteiger partial charge is 0.437 e. The van der Waals surface area contributed by atoms with E-state index in [0.29, 0.717) is 22.6 Å². The molecule has 3 heterocycles. The predicted octanol–water partition coefficient (Wildman–Crippen LogP) is 5.06. The first kappa shape index (κ1) is 22.5. The zero-order valence-corrected chi connectivity index (χ0v) is 19.0. The van der Waals surface area contributed by atoms with E-state index < -0.39 is 17.2 Å². The van der Waals surface area contributed by atoms with Crippen LogP contribution in [0.4, 0.5) is 15.9 Å². The van der Waals surface area contributed by atoms with Crippen LogP contribution in [0.3, 0.4) is 0 Å². The van der Waals surface area contributed by atoms with Gasteiger partial charge in [-0.25, -0.2) is 14.4 Å². The maximum absolute atomic E-state index is 13.4. The number of aromatic nitrogens is 3. The Balaban J connectivity index is 1.39. The molecule has 0 radical (unpaired) electrons. The molecule has 5 rings (SSSR count). The molecule has 0 saturated heterocycles. The van der Waals surface area contributed by atoms with Crippen LogP contribution in [0.5, 0.6) is 11.6 Å². The second-order valence-corrected chi connectivity index (χ2v) is 8.43. The number of nitrogens with zero attached hydrogens (tertiary/aromatic N) is 3. The quantitative estimate of drug-likeness (QED) is 0.390. The molecule has 0 atom stereocenters. The Labute approximate surface area is 204 Å². The van der Waals surface area contributed by atoms with Crippen molar-refractivity contribution in [3.05, 3.63) is 93.9 Å². The topological polar surface area (TPSA) is 112 Å². The summed E-state index contributed by atoms with van der Waals surface area (Å²) in [5.41, 5.74) is 6.46. The average molecular weight is 492 g/mol. The van der Waals surface area contributed by atoms with Gasteiger partial charge in [0, 0.05) is 42.3 Å². The van der Waals surface area contributed by atoms with Crippen molar-refractivity contribution in [3.63, 3.8) is 0 Å². The molecule has 3 N–H and O–H groups in total. The van der Waals surface area contributed by atoms with Crippen LogP contribution in [-0.4, -0.2) is 20.4 Å². The van der Waals surface area contributed by atoms with Crippen molar-refractivity contribution >= 4 is 29.0 Å². The Morgan fingerprint density at radius 1 is 1.11 bits per heavy atom. The zero-order valence-electron chi connectivity index (χ0n) is 18.2. The minimum Gasteiger partial charge on any atom is -0.437 e. The van der Waals surface area contributed by atoms with Gasteiger partial charge >= 0.3 is 0 Å². The Bertz CT molecular complexity index is 1470. The van der Waals surface area contributed by atoms with Gasteiger partial charge in [0.25, 0.3) is 5.91 Å². The van der Waals surface area contributed by atoms with Gasteiger partial charge in [0.15, 0.2) is 5.75 Å². The number of amides is 1. The fraction of sp³-hybridized carbons (Fsp3) is 0.120. The van der Waals surface area contributed by atoms with E-state index in [1.807, 2.05) is 4.57 Å². The number of rotatable bonds is 6. The molecule has 1 fully saturated rings. The van der Waals surface area contributed by atoms with Gasteiger partial charge in [-0.3, -0.25) is 9.59 Å². The predicted molar refractivity (Wildman–Crippen MR) is 130 cm³/mol. The van der Waals surface area contributed by atoms with Crippen LogP contribution in [0, 0.1) is 5.82 Å². The van der Waals surface area contributed by atoms with E-state index in [4.69, 9.17) is 22.1 Å². The molecule has 0 spiro atoms. The number of nitrogen functional groups attached to an aromatic ring is 1. The van der Waals surface area contributed by atoms with Gasteiger partial charge in [-0.1, -0.05) is 23.7 Å². The molecule has 1 saturated carbocycles. The molecule has 0 unspecified atom stereocenters. The van der Waals surface area contributed by atoms with Crippen molar-refractivity contribution < 1.29 is 13.9 Å². The fourth-order valence-electron chi connectivity index (χ4n) is 3.52. The molecule has 8 nitrogen and oxygen atoms in total. The van der Waals surface area contributed by atoms with Crippen LogP contribution in [0.25, 0.3) is 11.1 Å². The summed E-state index contributed by atoms with van der Waals surface area (Å²) in [4.78, 5) is 34.2. The van der Waals surface area contributed by atoms with Crippen LogP contribution in [0.15, 0.2) is 72.0 Å². The fourth-order valence-corrected chi connectivity index (χ4v) is 3.67. The summed E-state index contributed by atoms with van der Waals surface area (Å²) >= 11 is 6.08. The van der Waals surface area contributed by atoms with E-state index in [1.165, 1.54) is 36.7 Å². The third kappa shape index (κ3) is 4.85. The number of ether oxygens (including phenoxy) is 1. The summed E-state index contributed by atoms with van der Waals surface area (Å²) in [5, 5.41) is 2.86. The lowest BCUT2D eigenvalue weighted by molar-refractivity contribution is 0.102. The smallest absolute Gasteiger partial charge is 0.261 e. The van der Waals surface area contributed by atoms with Gasteiger partial charge in [-0.15, -0.1) is 0 Å². The van der Waals surface area contributed by atoms with Gasteiger partial charge in [-0.05, 0) is 36.6 Å². The Morgan fingerprint density at radius 3 is 2.57 bits per heavy atom. The molecular formula is C25H19ClFN5O3. The number of pyridine rings is 3. The van der Waals surface area contributed by atoms with E-state index in [-0.39, 0.29) is 28.3 Å². The van der Waals surface area contributed by atoms with Gasteiger partial charge in [-0.2, -0.15) is 0 Å². The second-order valence-electron chi connectivity index (χ2n) is 8.05. The first-order valence-corrected chi connectivity index (χ1v) is 11.1. The van der Waals surface area contributed by atoms with Crippen molar-refractivity contribution in [2.45, 2.75) is 18.9 Å². The molecule has 0 bridgehead atoms. The van der Waals surface area contributed by atoms with Crippen LogP contribution < -0.4 is 21.2 Å². The Morgan fingerprint density at radius 2 is 1.89 bits per heavy atom. The van der Waals surface area contributed by atoms with Crippen molar-refractivity contribution in [3.8, 4) is 22.8 Å². The molecule has 1 aliphatic carbocycles. The first-order chi connectivity index (χ1) is 16.9. The van der Waals surface area contributed by atoms with Crippen molar-refractivity contribution in [2.75, 3.05) is 11.1 Å². The van der Waals surface area contributed by atoms with Gasteiger partial charge in [0.05, 0.1) is 11.9 Å². The minimum atomic E-state index is -0.575. The number of carbonyl (C=O) groups is 1. The third-order valence-electron chi connectivity index (χ3n) is 5.50. The highest BCUT2D eigenvalue weighted by atomic mass is 35.5. The number of hydrogen-bond donors (Lipinski definition) is 2. The number of halogens is 2. The van der Waals surface area contributed by atoms with Gasteiger partial charge in [0.2, 0.25) is 11.3 Å². The number of nitrogens with two attached hydrogens (primary N) is 1. The van der Waals surface area contributed by atoms with Crippen LogP contribution in [-0.2, 0) is 0 Å². The molecule has 35 heavy (non-hydrogen) atoms. The molecule has 1 aromatic carbocycles. The SMILES string of the molecule is Nc1nccc(Oc2ccc(NC(=O)c3cn(C4CC4)cc(-c4ccc(F)cc4)c3=O)cn2)c1Cl. The zero-order chi connectivity index (χ0) is 24.5. The molecule has 4 aromatic rings. The van der Waals surface area contributed by atoms with E-state index in [9.17, 15) is 14.0 Å². The Hall–Kier alpha value is -4.24. The lowest BCUT2D eigenvalue weighted by Crippen LogP contribution is -2.24. The summed E-state index contributed by atoms with van der Waals surface area (Å²) in [5.74, 6) is -0.326. The van der Waals surface area contributed by atoms with Crippen molar-refractivity contribution in [1.29, 1.82) is 0 Å². The van der Waals surface area contributed by atoms with Crippen LogP contribution in [0.2, 0.25) is 5.02 Å². The molecule has 1 aliphatic rings. The van der Waals surface area contributed by atoms with Crippen LogP contribution in [0.1, 0.15) is 29.2 Å². The average Bonchev–Trinajstić information content (AvgIpc) is 3.70. The molecule has 10 heteroatoms. The molecule has 3 aromatic heterocycles. The summed E-state index contributed by atoms with van der Waals surface area (Å²) in [6, 6.07) is 10.5. The summed E-state index contributed by atoms with van der Waals surface area (Å²) in [6.07, 6.45) is 8.06. The van der Waals surface area contributed by atoms with E-state index in [1.54, 1.807) is 30.6 Å². The lowest BCUT2D eigenvalue weighted by atomic mass is 10.0. The number of hydrogen-bond acceptors (Lipinski definition) is 6. The summed E-state index contributed by atoms with van der Waals surface area (Å²) < 4.78 is 20.9. The second kappa shape index (κ2) is 9.19. The lowest BCUT2D eigenvalue weighted by Gasteiger charge is -2.12. The molecular weight excluding hydrogens is 473 g/mol. The maximum atomic E-state index is 13.4. The third-order valence-corrected chi connectivity index (χ3v) is 5.88. The van der Waals surface area contributed by atoms with Crippen molar-refractivity contribution in [1.82, 2.24) is 14.5 Å². The summed E-state index contributed by atoms with van der Waals surface area (Å²) in [7, 11) is 0. The van der Waals surface area contributed by atoms with Gasteiger partial charge < -0.3 is 20.4 Å². The minimum absolute atomic E-state index is 0.0157. The van der Waals surface area contributed by atoms with Crippen LogP contribution >= 0.6 is 11.6 Å². The number of benzene rings is 1. The highest BCUT2D eigenvalue weighted by molar-refractivity contribution is 6.34. The maximum Gasteiger partial charge on any atom is 0.261 e. The molecule has 176 valence electrons. The van der Waals surface area contributed by atoms with E-state index in [0.717, 1.165) is 12.8 Å². The standard InChI is InChI=1S/C25H19ClFN5O3/c26-22-20(9-10-29-24(22)28)35-21-8-5-16(11-30-21)31-25(34)19-13-32(17-6-7-17)12-18(23(19)33)14-1-3-15(27)4-2-14/h1-5,8-13,17H,6-7H2,(H2,28,29)(H,31,34). The normalized spacial score (nSPS) is 12.9. The highest BCUT2D eigenvalue weighted by Crippen LogP contribution is 2.35. The number of carbonyl (C=O) groups excluding carboxylic acids is 1. The first-order valence-electron chi connectivity index (χ1n) is 10.8. The monoisotopic (exact) mass is 491 g/mol. The summed E-state index contributed by atoms with van der Waals surface area (Å²) in [6.45, 7) is 0. The number of nitrogens with one attached hydrogen (secondary N) is 1. The Kier molecular flexibility index (Phi) is 5.92.